The third kappa shape index (κ3) is 4.94. The summed E-state index contributed by atoms with van der Waals surface area (Å²) in [6.07, 6.45) is 4.32. The standard InChI is InChI=1S/C28H21F6N/c1-2-3-4-5-16-6-9-21(28(34)25(16)31)24-13-8-18(15-35-24)20-11-10-19(26(32)27(20)33)17-7-12-22(29)23(30)14-17/h6-15H,2-5H2,1H3. The maximum Gasteiger partial charge on any atom is 0.168 e. The fourth-order valence-corrected chi connectivity index (χ4v) is 3.92. The molecule has 0 bridgehead atoms. The average molecular weight is 485 g/mol. The van der Waals surface area contributed by atoms with E-state index in [0.29, 0.717) is 12.0 Å². The number of aryl methyl sites for hydroxylation is 1. The highest BCUT2D eigenvalue weighted by Gasteiger charge is 2.19. The van der Waals surface area contributed by atoms with Crippen molar-refractivity contribution in [3.8, 4) is 33.5 Å². The van der Waals surface area contributed by atoms with E-state index in [-0.39, 0.29) is 33.5 Å². The molecule has 1 aromatic heterocycles. The number of nitrogens with zero attached hydrogens (tertiary/aromatic N) is 1. The number of unbranched alkanes of at least 4 members (excludes halogenated alkanes) is 2. The van der Waals surface area contributed by atoms with Gasteiger partial charge in [0.25, 0.3) is 0 Å². The van der Waals surface area contributed by atoms with Crippen LogP contribution in [-0.2, 0) is 6.42 Å². The van der Waals surface area contributed by atoms with Gasteiger partial charge in [-0.1, -0.05) is 50.1 Å². The molecule has 0 aliphatic rings. The maximum atomic E-state index is 14.8. The van der Waals surface area contributed by atoms with Crippen molar-refractivity contribution in [1.29, 1.82) is 0 Å². The van der Waals surface area contributed by atoms with E-state index in [2.05, 4.69) is 4.98 Å². The van der Waals surface area contributed by atoms with Crippen LogP contribution in [0.1, 0.15) is 31.7 Å². The van der Waals surface area contributed by atoms with Gasteiger partial charge in [0.15, 0.2) is 34.9 Å². The Morgan fingerprint density at radius 2 is 1.23 bits per heavy atom. The molecule has 0 fully saturated rings. The van der Waals surface area contributed by atoms with E-state index in [1.165, 1.54) is 42.6 Å². The molecule has 0 amide bonds. The van der Waals surface area contributed by atoms with Crippen molar-refractivity contribution >= 4 is 0 Å². The second kappa shape index (κ2) is 10.3. The summed E-state index contributed by atoms with van der Waals surface area (Å²) in [5, 5.41) is 0. The lowest BCUT2D eigenvalue weighted by atomic mass is 9.98. The van der Waals surface area contributed by atoms with Crippen LogP contribution >= 0.6 is 0 Å². The van der Waals surface area contributed by atoms with Crippen LogP contribution in [-0.4, -0.2) is 4.98 Å². The van der Waals surface area contributed by atoms with Crippen LogP contribution in [0.2, 0.25) is 0 Å². The SMILES string of the molecule is CCCCCc1ccc(-c2ccc(-c3ccc(-c4ccc(F)c(F)c4)c(F)c3F)cn2)c(F)c1F. The summed E-state index contributed by atoms with van der Waals surface area (Å²) in [5.74, 6) is -6.62. The fraction of sp³-hybridized carbons (Fsp3) is 0.179. The number of benzene rings is 3. The molecule has 4 aromatic rings. The second-order valence-corrected chi connectivity index (χ2v) is 8.21. The van der Waals surface area contributed by atoms with Crippen molar-refractivity contribution in [2.75, 3.05) is 0 Å². The zero-order chi connectivity index (χ0) is 25.1. The molecule has 0 saturated heterocycles. The number of hydrogen-bond donors (Lipinski definition) is 0. The molecule has 7 heteroatoms. The first kappa shape index (κ1) is 24.5. The highest BCUT2D eigenvalue weighted by Crippen LogP contribution is 2.33. The summed E-state index contributed by atoms with van der Waals surface area (Å²) in [6.45, 7) is 2.02. The first-order valence-electron chi connectivity index (χ1n) is 11.2. The number of hydrogen-bond acceptors (Lipinski definition) is 1. The molecule has 0 spiro atoms. The first-order chi connectivity index (χ1) is 16.8. The van der Waals surface area contributed by atoms with E-state index in [9.17, 15) is 26.3 Å². The molecule has 180 valence electrons. The molecule has 0 atom stereocenters. The quantitative estimate of drug-likeness (QED) is 0.189. The van der Waals surface area contributed by atoms with Crippen molar-refractivity contribution in [2.45, 2.75) is 32.6 Å². The van der Waals surface area contributed by atoms with Crippen LogP contribution in [0.3, 0.4) is 0 Å². The lowest BCUT2D eigenvalue weighted by Gasteiger charge is -2.11. The molecule has 1 heterocycles. The number of pyridine rings is 1. The minimum Gasteiger partial charge on any atom is -0.256 e. The molecular formula is C28H21F6N. The van der Waals surface area contributed by atoms with Crippen molar-refractivity contribution in [1.82, 2.24) is 4.98 Å². The second-order valence-electron chi connectivity index (χ2n) is 8.21. The molecule has 1 nitrogen and oxygen atoms in total. The van der Waals surface area contributed by atoms with Crippen LogP contribution in [0.15, 0.2) is 60.8 Å². The van der Waals surface area contributed by atoms with Gasteiger partial charge in [-0.15, -0.1) is 0 Å². The van der Waals surface area contributed by atoms with Gasteiger partial charge in [0.2, 0.25) is 0 Å². The summed E-state index contributed by atoms with van der Waals surface area (Å²) >= 11 is 0. The minimum atomic E-state index is -1.23. The van der Waals surface area contributed by atoms with Crippen LogP contribution in [0.5, 0.6) is 0 Å². The Kier molecular flexibility index (Phi) is 7.24. The molecule has 0 unspecified atom stereocenters. The van der Waals surface area contributed by atoms with Gasteiger partial charge in [-0.25, -0.2) is 26.3 Å². The van der Waals surface area contributed by atoms with Gasteiger partial charge in [0.1, 0.15) is 0 Å². The van der Waals surface area contributed by atoms with E-state index in [1.807, 2.05) is 6.92 Å². The molecule has 0 aliphatic heterocycles. The predicted molar refractivity (Wildman–Crippen MR) is 124 cm³/mol. The van der Waals surface area contributed by atoms with Gasteiger partial charge in [-0.05, 0) is 48.2 Å². The third-order valence-electron chi connectivity index (χ3n) is 5.88. The summed E-state index contributed by atoms with van der Waals surface area (Å²) in [6, 6.07) is 11.1. The maximum absolute atomic E-state index is 14.8. The van der Waals surface area contributed by atoms with Crippen molar-refractivity contribution in [2.24, 2.45) is 0 Å². The molecule has 0 N–H and O–H groups in total. The van der Waals surface area contributed by atoms with Crippen molar-refractivity contribution in [3.63, 3.8) is 0 Å². The van der Waals surface area contributed by atoms with E-state index < -0.39 is 34.9 Å². The molecule has 4 rings (SSSR count). The fourth-order valence-electron chi connectivity index (χ4n) is 3.92. The number of aromatic nitrogens is 1. The van der Waals surface area contributed by atoms with Crippen LogP contribution < -0.4 is 0 Å². The minimum absolute atomic E-state index is 0.0176. The predicted octanol–water partition coefficient (Wildman–Crippen LogP) is 8.65. The van der Waals surface area contributed by atoms with Gasteiger partial charge in [-0.3, -0.25) is 4.98 Å². The normalized spacial score (nSPS) is 11.2. The topological polar surface area (TPSA) is 12.9 Å². The van der Waals surface area contributed by atoms with Crippen LogP contribution in [0.25, 0.3) is 33.5 Å². The lowest BCUT2D eigenvalue weighted by Crippen LogP contribution is -1.99. The molecule has 0 saturated carbocycles. The average Bonchev–Trinajstić information content (AvgIpc) is 2.86. The van der Waals surface area contributed by atoms with E-state index in [4.69, 9.17) is 0 Å². The molecular weight excluding hydrogens is 464 g/mol. The molecule has 3 aromatic carbocycles. The van der Waals surface area contributed by atoms with Gasteiger partial charge < -0.3 is 0 Å². The Labute approximate surface area is 199 Å². The zero-order valence-electron chi connectivity index (χ0n) is 18.8. The first-order valence-corrected chi connectivity index (χ1v) is 11.2. The lowest BCUT2D eigenvalue weighted by molar-refractivity contribution is 0.498. The summed E-state index contributed by atoms with van der Waals surface area (Å²) in [5.41, 5.74) is 0.250. The van der Waals surface area contributed by atoms with Crippen molar-refractivity contribution < 1.29 is 26.3 Å². The smallest absolute Gasteiger partial charge is 0.168 e. The largest absolute Gasteiger partial charge is 0.256 e. The van der Waals surface area contributed by atoms with Crippen LogP contribution in [0, 0.1) is 34.9 Å². The van der Waals surface area contributed by atoms with E-state index in [1.54, 1.807) is 0 Å². The molecule has 0 radical (unpaired) electrons. The van der Waals surface area contributed by atoms with E-state index >= 15 is 0 Å². The number of rotatable bonds is 7. The summed E-state index contributed by atoms with van der Waals surface area (Å²) in [4.78, 5) is 4.12. The monoisotopic (exact) mass is 485 g/mol. The Balaban J connectivity index is 1.62. The van der Waals surface area contributed by atoms with Gasteiger partial charge in [0.05, 0.1) is 5.69 Å². The Morgan fingerprint density at radius 3 is 1.86 bits per heavy atom. The molecule has 0 aliphatic carbocycles. The van der Waals surface area contributed by atoms with Gasteiger partial charge in [0, 0.05) is 28.5 Å². The Bertz CT molecular complexity index is 1370. The molecule has 35 heavy (non-hydrogen) atoms. The zero-order valence-corrected chi connectivity index (χ0v) is 18.8. The Morgan fingerprint density at radius 1 is 0.600 bits per heavy atom. The van der Waals surface area contributed by atoms with E-state index in [0.717, 1.165) is 37.5 Å². The Hall–Kier alpha value is -3.61. The number of halogens is 6. The van der Waals surface area contributed by atoms with Crippen LogP contribution in [0.4, 0.5) is 26.3 Å². The third-order valence-corrected chi connectivity index (χ3v) is 5.88. The van der Waals surface area contributed by atoms with Crippen molar-refractivity contribution in [3.05, 3.63) is 101 Å². The van der Waals surface area contributed by atoms with Gasteiger partial charge in [-0.2, -0.15) is 0 Å². The highest BCUT2D eigenvalue weighted by atomic mass is 19.2. The summed E-state index contributed by atoms with van der Waals surface area (Å²) in [7, 11) is 0. The summed E-state index contributed by atoms with van der Waals surface area (Å²) < 4.78 is 85.5. The highest BCUT2D eigenvalue weighted by molar-refractivity contribution is 5.72. The van der Waals surface area contributed by atoms with Gasteiger partial charge >= 0.3 is 0 Å².